The Kier molecular flexibility index (Phi) is 5.15. The molecule has 120 valence electrons. The normalized spacial score (nSPS) is 14.6. The molecule has 1 N–H and O–H groups in total. The van der Waals surface area contributed by atoms with E-state index in [-0.39, 0.29) is 5.91 Å². The number of piperidine rings is 1. The van der Waals surface area contributed by atoms with E-state index in [2.05, 4.69) is 43.9 Å². The van der Waals surface area contributed by atoms with Crippen LogP contribution in [0.25, 0.3) is 0 Å². The lowest BCUT2D eigenvalue weighted by Gasteiger charge is -2.29. The zero-order chi connectivity index (χ0) is 16.2. The number of nitrogens with one attached hydrogen (secondary N) is 1. The Morgan fingerprint density at radius 1 is 1.22 bits per heavy atom. The molecule has 1 saturated heterocycles. The first-order chi connectivity index (χ1) is 11.1. The van der Waals surface area contributed by atoms with Gasteiger partial charge in [-0.25, -0.2) is 4.98 Å². The summed E-state index contributed by atoms with van der Waals surface area (Å²) in [7, 11) is 0. The summed E-state index contributed by atoms with van der Waals surface area (Å²) in [6, 6.07) is 9.69. The lowest BCUT2D eigenvalue weighted by atomic mass is 10.1. The molecule has 23 heavy (non-hydrogen) atoms. The Morgan fingerprint density at radius 2 is 2.00 bits per heavy atom. The smallest absolute Gasteiger partial charge is 0.259 e. The van der Waals surface area contributed by atoms with E-state index in [0.717, 1.165) is 46.6 Å². The van der Waals surface area contributed by atoms with Gasteiger partial charge < -0.3 is 10.2 Å². The number of amides is 1. The average molecular weight is 421 g/mol. The molecule has 2 heterocycles. The van der Waals surface area contributed by atoms with E-state index >= 15 is 0 Å². The molecule has 0 aliphatic carbocycles. The summed E-state index contributed by atoms with van der Waals surface area (Å²) in [5.41, 5.74) is 2.56. The molecule has 0 unspecified atom stereocenters. The van der Waals surface area contributed by atoms with Gasteiger partial charge in [-0.2, -0.15) is 0 Å². The van der Waals surface area contributed by atoms with Crippen molar-refractivity contribution < 1.29 is 4.79 Å². The second kappa shape index (κ2) is 7.29. The third-order valence-corrected chi connectivity index (χ3v) is 4.79. The van der Waals surface area contributed by atoms with Crippen LogP contribution in [0.5, 0.6) is 0 Å². The second-order valence-corrected chi connectivity index (χ2v) is 7.08. The van der Waals surface area contributed by atoms with Crippen LogP contribution in [-0.4, -0.2) is 24.0 Å². The molecule has 0 saturated carbocycles. The van der Waals surface area contributed by atoms with Crippen molar-refractivity contribution in [1.29, 1.82) is 0 Å². The molecular formula is C18H20IN3O. The minimum absolute atomic E-state index is 0.0945. The molecule has 1 amide bonds. The molecule has 2 aromatic rings. The Labute approximate surface area is 150 Å². The quantitative estimate of drug-likeness (QED) is 0.755. The number of aromatic nitrogens is 1. The summed E-state index contributed by atoms with van der Waals surface area (Å²) in [4.78, 5) is 19.4. The number of anilines is 2. The van der Waals surface area contributed by atoms with Gasteiger partial charge in [0.25, 0.3) is 5.91 Å². The van der Waals surface area contributed by atoms with Crippen molar-refractivity contribution in [2.45, 2.75) is 26.2 Å². The molecule has 4 nitrogen and oxygen atoms in total. The lowest BCUT2D eigenvalue weighted by Crippen LogP contribution is -2.32. The van der Waals surface area contributed by atoms with Gasteiger partial charge in [0.1, 0.15) is 5.82 Å². The predicted molar refractivity (Wildman–Crippen MR) is 102 cm³/mol. The number of benzene rings is 1. The predicted octanol–water partition coefficient (Wildman–Crippen LogP) is 4.24. The van der Waals surface area contributed by atoms with Crippen LogP contribution in [0, 0.1) is 10.5 Å². The summed E-state index contributed by atoms with van der Waals surface area (Å²) in [6.07, 6.45) is 5.34. The van der Waals surface area contributed by atoms with Crippen molar-refractivity contribution in [2.75, 3.05) is 23.3 Å². The highest BCUT2D eigenvalue weighted by Crippen LogP contribution is 2.24. The maximum Gasteiger partial charge on any atom is 0.259 e. The number of aryl methyl sites for hydroxylation is 1. The Balaban J connectivity index is 1.84. The number of carbonyl (C=O) groups is 1. The Bertz CT molecular complexity index is 711. The van der Waals surface area contributed by atoms with Crippen LogP contribution in [0.4, 0.5) is 11.5 Å². The SMILES string of the molecule is Cc1cc(I)ccc1NC(=O)c1cccnc1N1CCCCC1. The molecule has 3 rings (SSSR count). The fourth-order valence-electron chi connectivity index (χ4n) is 2.89. The van der Waals surface area contributed by atoms with Crippen molar-refractivity contribution in [1.82, 2.24) is 4.98 Å². The second-order valence-electron chi connectivity index (χ2n) is 5.84. The zero-order valence-electron chi connectivity index (χ0n) is 13.2. The van der Waals surface area contributed by atoms with Crippen LogP contribution in [-0.2, 0) is 0 Å². The standard InChI is InChI=1S/C18H20IN3O/c1-13-12-14(19)7-8-16(13)21-18(23)15-6-5-9-20-17(15)22-10-3-2-4-11-22/h5-9,12H,2-4,10-11H2,1H3,(H,21,23). The monoisotopic (exact) mass is 421 g/mol. The number of pyridine rings is 1. The molecule has 1 aliphatic rings. The fourth-order valence-corrected chi connectivity index (χ4v) is 3.54. The summed E-state index contributed by atoms with van der Waals surface area (Å²) < 4.78 is 1.16. The fraction of sp³-hybridized carbons (Fsp3) is 0.333. The van der Waals surface area contributed by atoms with Gasteiger partial charge in [-0.05, 0) is 84.7 Å². The van der Waals surface area contributed by atoms with E-state index in [1.807, 2.05) is 31.2 Å². The lowest BCUT2D eigenvalue weighted by molar-refractivity contribution is 0.102. The molecule has 0 radical (unpaired) electrons. The van der Waals surface area contributed by atoms with Crippen molar-refractivity contribution in [3.63, 3.8) is 0 Å². The van der Waals surface area contributed by atoms with Crippen molar-refractivity contribution in [2.24, 2.45) is 0 Å². The van der Waals surface area contributed by atoms with Gasteiger partial charge in [0.05, 0.1) is 5.56 Å². The number of carbonyl (C=O) groups excluding carboxylic acids is 1. The van der Waals surface area contributed by atoms with Gasteiger partial charge in [-0.15, -0.1) is 0 Å². The molecule has 5 heteroatoms. The van der Waals surface area contributed by atoms with E-state index in [1.165, 1.54) is 6.42 Å². The molecule has 1 aromatic carbocycles. The van der Waals surface area contributed by atoms with E-state index in [0.29, 0.717) is 5.56 Å². The number of rotatable bonds is 3. The molecule has 1 aliphatic heterocycles. The molecule has 0 bridgehead atoms. The molecule has 1 fully saturated rings. The Morgan fingerprint density at radius 3 is 2.74 bits per heavy atom. The maximum absolute atomic E-state index is 12.7. The largest absolute Gasteiger partial charge is 0.356 e. The van der Waals surface area contributed by atoms with E-state index in [4.69, 9.17) is 0 Å². The van der Waals surface area contributed by atoms with Gasteiger partial charge in [0.15, 0.2) is 0 Å². The van der Waals surface area contributed by atoms with Gasteiger partial charge >= 0.3 is 0 Å². The number of halogens is 1. The third-order valence-electron chi connectivity index (χ3n) is 4.12. The topological polar surface area (TPSA) is 45.2 Å². The van der Waals surface area contributed by atoms with E-state index in [9.17, 15) is 4.79 Å². The minimum atomic E-state index is -0.0945. The first kappa shape index (κ1) is 16.2. The molecule has 0 atom stereocenters. The van der Waals surface area contributed by atoms with Crippen LogP contribution in [0.1, 0.15) is 35.2 Å². The molecule has 0 spiro atoms. The summed E-state index contributed by atoms with van der Waals surface area (Å²) in [5.74, 6) is 0.704. The van der Waals surface area contributed by atoms with Gasteiger partial charge in [-0.1, -0.05) is 0 Å². The van der Waals surface area contributed by atoms with Crippen molar-refractivity contribution in [3.05, 3.63) is 51.2 Å². The first-order valence-corrected chi connectivity index (χ1v) is 9.00. The van der Waals surface area contributed by atoms with E-state index < -0.39 is 0 Å². The Hall–Kier alpha value is -1.63. The number of hydrogen-bond acceptors (Lipinski definition) is 3. The highest BCUT2D eigenvalue weighted by atomic mass is 127. The number of hydrogen-bond donors (Lipinski definition) is 1. The van der Waals surface area contributed by atoms with Gasteiger partial charge in [-0.3, -0.25) is 4.79 Å². The highest BCUT2D eigenvalue weighted by molar-refractivity contribution is 14.1. The van der Waals surface area contributed by atoms with Gasteiger partial charge in [0, 0.05) is 28.5 Å². The zero-order valence-corrected chi connectivity index (χ0v) is 15.3. The third kappa shape index (κ3) is 3.83. The molecule has 1 aromatic heterocycles. The van der Waals surface area contributed by atoms with Crippen LogP contribution in [0.2, 0.25) is 0 Å². The summed E-state index contributed by atoms with van der Waals surface area (Å²) >= 11 is 2.27. The van der Waals surface area contributed by atoms with E-state index in [1.54, 1.807) is 6.20 Å². The van der Waals surface area contributed by atoms with Crippen LogP contribution in [0.3, 0.4) is 0 Å². The minimum Gasteiger partial charge on any atom is -0.356 e. The number of nitrogens with zero attached hydrogens (tertiary/aromatic N) is 2. The van der Waals surface area contributed by atoms with Crippen LogP contribution < -0.4 is 10.2 Å². The maximum atomic E-state index is 12.7. The highest BCUT2D eigenvalue weighted by Gasteiger charge is 2.20. The first-order valence-electron chi connectivity index (χ1n) is 7.92. The van der Waals surface area contributed by atoms with Crippen molar-refractivity contribution >= 4 is 40.0 Å². The summed E-state index contributed by atoms with van der Waals surface area (Å²) in [5, 5.41) is 3.02. The molecular weight excluding hydrogens is 401 g/mol. The van der Waals surface area contributed by atoms with Crippen LogP contribution in [0.15, 0.2) is 36.5 Å². The van der Waals surface area contributed by atoms with Crippen LogP contribution >= 0.6 is 22.6 Å². The van der Waals surface area contributed by atoms with Gasteiger partial charge in [0.2, 0.25) is 0 Å². The summed E-state index contributed by atoms with van der Waals surface area (Å²) in [6.45, 7) is 3.95. The average Bonchev–Trinajstić information content (AvgIpc) is 2.58. The van der Waals surface area contributed by atoms with Crippen molar-refractivity contribution in [3.8, 4) is 0 Å².